The predicted octanol–water partition coefficient (Wildman–Crippen LogP) is 1.90. The van der Waals surface area contributed by atoms with Gasteiger partial charge in [0, 0.05) is 11.7 Å². The minimum atomic E-state index is -0.0872. The second kappa shape index (κ2) is 8.37. The predicted molar refractivity (Wildman–Crippen MR) is 85.1 cm³/mol. The quantitative estimate of drug-likeness (QED) is 0.700. The summed E-state index contributed by atoms with van der Waals surface area (Å²) in [5, 5.41) is 9.05. The summed E-state index contributed by atoms with van der Waals surface area (Å²) in [5.74, 6) is 0.726. The van der Waals surface area contributed by atoms with Crippen molar-refractivity contribution in [2.75, 3.05) is 18.5 Å². The summed E-state index contributed by atoms with van der Waals surface area (Å²) >= 11 is 5.12. The van der Waals surface area contributed by atoms with Crippen LogP contribution in [0.1, 0.15) is 20.8 Å². The summed E-state index contributed by atoms with van der Waals surface area (Å²) in [7, 11) is 0. The Morgan fingerprint density at radius 1 is 1.30 bits per heavy atom. The van der Waals surface area contributed by atoms with Gasteiger partial charge in [-0.2, -0.15) is 0 Å². The van der Waals surface area contributed by atoms with Gasteiger partial charge < -0.3 is 20.7 Å². The number of amides is 1. The molecule has 0 heterocycles. The van der Waals surface area contributed by atoms with E-state index in [1.54, 1.807) is 0 Å². The van der Waals surface area contributed by atoms with E-state index in [1.807, 2.05) is 45.0 Å². The van der Waals surface area contributed by atoms with E-state index in [4.69, 9.17) is 17.0 Å². The van der Waals surface area contributed by atoms with Crippen molar-refractivity contribution in [3.8, 4) is 5.75 Å². The zero-order chi connectivity index (χ0) is 15.0. The Balaban J connectivity index is 2.36. The number of anilines is 1. The molecule has 110 valence electrons. The van der Waals surface area contributed by atoms with Crippen molar-refractivity contribution in [1.29, 1.82) is 0 Å². The molecule has 0 saturated carbocycles. The van der Waals surface area contributed by atoms with Gasteiger partial charge in [0.1, 0.15) is 5.75 Å². The van der Waals surface area contributed by atoms with E-state index >= 15 is 0 Å². The van der Waals surface area contributed by atoms with Gasteiger partial charge in [-0.15, -0.1) is 0 Å². The number of hydrogen-bond donors (Lipinski definition) is 3. The second-order valence-electron chi connectivity index (χ2n) is 4.49. The third kappa shape index (κ3) is 6.38. The maximum Gasteiger partial charge on any atom is 0.239 e. The van der Waals surface area contributed by atoms with Gasteiger partial charge in [-0.05, 0) is 57.3 Å². The van der Waals surface area contributed by atoms with Gasteiger partial charge in [-0.3, -0.25) is 4.79 Å². The van der Waals surface area contributed by atoms with Gasteiger partial charge in [0.15, 0.2) is 5.11 Å². The molecule has 0 aliphatic rings. The van der Waals surface area contributed by atoms with Crippen molar-refractivity contribution in [3.05, 3.63) is 24.3 Å². The first-order valence-electron chi connectivity index (χ1n) is 6.58. The molecule has 20 heavy (non-hydrogen) atoms. The largest absolute Gasteiger partial charge is 0.494 e. The average molecular weight is 295 g/mol. The molecule has 0 aromatic heterocycles. The molecule has 1 aromatic rings. The van der Waals surface area contributed by atoms with E-state index in [0.29, 0.717) is 11.7 Å². The molecular formula is C14H21N3O2S. The van der Waals surface area contributed by atoms with E-state index in [0.717, 1.165) is 11.4 Å². The number of carbonyl (C=O) groups excluding carboxylic acids is 1. The molecule has 5 nitrogen and oxygen atoms in total. The lowest BCUT2D eigenvalue weighted by Gasteiger charge is -2.12. The molecule has 0 atom stereocenters. The Morgan fingerprint density at radius 3 is 2.50 bits per heavy atom. The molecule has 0 spiro atoms. The van der Waals surface area contributed by atoms with Crippen LogP contribution in [0.4, 0.5) is 5.69 Å². The summed E-state index contributed by atoms with van der Waals surface area (Å²) < 4.78 is 5.35. The standard InChI is InChI=1S/C14H21N3O2S/c1-4-19-12-7-5-11(6-8-12)17-14(20)15-9-13(18)16-10(2)3/h5-8,10H,4,9H2,1-3H3,(H,16,18)(H2,15,17,20). The summed E-state index contributed by atoms with van der Waals surface area (Å²) in [6.07, 6.45) is 0. The fraction of sp³-hybridized carbons (Fsp3) is 0.429. The number of ether oxygens (including phenoxy) is 1. The topological polar surface area (TPSA) is 62.4 Å². The summed E-state index contributed by atoms with van der Waals surface area (Å²) in [4.78, 5) is 11.4. The fourth-order valence-corrected chi connectivity index (χ4v) is 1.70. The van der Waals surface area contributed by atoms with E-state index in [9.17, 15) is 4.79 Å². The first-order valence-corrected chi connectivity index (χ1v) is 6.99. The van der Waals surface area contributed by atoms with Gasteiger partial charge in [0.2, 0.25) is 5.91 Å². The number of hydrogen-bond acceptors (Lipinski definition) is 3. The van der Waals surface area contributed by atoms with Crippen molar-refractivity contribution < 1.29 is 9.53 Å². The third-order valence-electron chi connectivity index (χ3n) is 2.28. The van der Waals surface area contributed by atoms with E-state index in [-0.39, 0.29) is 18.5 Å². The lowest BCUT2D eigenvalue weighted by molar-refractivity contribution is -0.120. The molecule has 0 unspecified atom stereocenters. The van der Waals surface area contributed by atoms with Crippen LogP contribution in [0.5, 0.6) is 5.75 Å². The highest BCUT2D eigenvalue weighted by Crippen LogP contribution is 2.15. The third-order valence-corrected chi connectivity index (χ3v) is 2.53. The van der Waals surface area contributed by atoms with E-state index in [1.165, 1.54) is 0 Å². The maximum atomic E-state index is 11.4. The highest BCUT2D eigenvalue weighted by atomic mass is 32.1. The Labute approximate surface area is 125 Å². The summed E-state index contributed by atoms with van der Waals surface area (Å²) in [6.45, 7) is 6.55. The van der Waals surface area contributed by atoms with Gasteiger partial charge in [-0.25, -0.2) is 0 Å². The van der Waals surface area contributed by atoms with Crippen molar-refractivity contribution in [1.82, 2.24) is 10.6 Å². The first-order chi connectivity index (χ1) is 9.51. The molecule has 1 rings (SSSR count). The molecule has 0 aliphatic carbocycles. The monoisotopic (exact) mass is 295 g/mol. The highest BCUT2D eigenvalue weighted by Gasteiger charge is 2.04. The van der Waals surface area contributed by atoms with Crippen LogP contribution in [-0.2, 0) is 4.79 Å². The number of thiocarbonyl (C=S) groups is 1. The second-order valence-corrected chi connectivity index (χ2v) is 4.90. The van der Waals surface area contributed by atoms with Crippen molar-refractivity contribution in [2.45, 2.75) is 26.8 Å². The fourth-order valence-electron chi connectivity index (χ4n) is 1.51. The molecule has 3 N–H and O–H groups in total. The minimum Gasteiger partial charge on any atom is -0.494 e. The number of benzene rings is 1. The van der Waals surface area contributed by atoms with Crippen molar-refractivity contribution in [2.24, 2.45) is 0 Å². The van der Waals surface area contributed by atoms with Crippen LogP contribution in [-0.4, -0.2) is 30.2 Å². The highest BCUT2D eigenvalue weighted by molar-refractivity contribution is 7.80. The van der Waals surface area contributed by atoms with E-state index < -0.39 is 0 Å². The first kappa shape index (κ1) is 16.2. The normalized spacial score (nSPS) is 10.0. The van der Waals surface area contributed by atoms with Crippen molar-refractivity contribution in [3.63, 3.8) is 0 Å². The van der Waals surface area contributed by atoms with Crippen LogP contribution in [0.3, 0.4) is 0 Å². The number of carbonyl (C=O) groups is 1. The molecule has 0 aliphatic heterocycles. The van der Waals surface area contributed by atoms with Gasteiger partial charge in [-0.1, -0.05) is 0 Å². The molecule has 1 aromatic carbocycles. The molecule has 0 radical (unpaired) electrons. The molecule has 6 heteroatoms. The number of rotatable bonds is 6. The Hall–Kier alpha value is -1.82. The minimum absolute atomic E-state index is 0.0872. The molecular weight excluding hydrogens is 274 g/mol. The van der Waals surface area contributed by atoms with E-state index in [2.05, 4.69) is 16.0 Å². The Kier molecular flexibility index (Phi) is 6.79. The van der Waals surface area contributed by atoms with Crippen molar-refractivity contribution >= 4 is 28.9 Å². The number of nitrogens with one attached hydrogen (secondary N) is 3. The molecule has 0 bridgehead atoms. The molecule has 0 fully saturated rings. The van der Waals surface area contributed by atoms with Gasteiger partial charge >= 0.3 is 0 Å². The smallest absolute Gasteiger partial charge is 0.239 e. The van der Waals surface area contributed by atoms with Crippen LogP contribution in [0, 0.1) is 0 Å². The lowest BCUT2D eigenvalue weighted by Crippen LogP contribution is -2.41. The Bertz CT molecular complexity index is 446. The van der Waals surface area contributed by atoms with Gasteiger partial charge in [0.05, 0.1) is 13.2 Å². The Morgan fingerprint density at radius 2 is 1.95 bits per heavy atom. The maximum absolute atomic E-state index is 11.4. The molecule has 0 saturated heterocycles. The molecule has 1 amide bonds. The summed E-state index contributed by atoms with van der Waals surface area (Å²) in [5.41, 5.74) is 0.843. The van der Waals surface area contributed by atoms with Gasteiger partial charge in [0.25, 0.3) is 0 Å². The van der Waals surface area contributed by atoms with Crippen LogP contribution in [0.15, 0.2) is 24.3 Å². The summed E-state index contributed by atoms with van der Waals surface area (Å²) in [6, 6.07) is 7.58. The van der Waals surface area contributed by atoms with Crippen LogP contribution in [0.2, 0.25) is 0 Å². The zero-order valence-corrected chi connectivity index (χ0v) is 12.8. The van der Waals surface area contributed by atoms with Crippen LogP contribution >= 0.6 is 12.2 Å². The van der Waals surface area contributed by atoms with Crippen LogP contribution in [0.25, 0.3) is 0 Å². The lowest BCUT2D eigenvalue weighted by atomic mass is 10.3. The van der Waals surface area contributed by atoms with Crippen LogP contribution < -0.4 is 20.7 Å². The SMILES string of the molecule is CCOc1ccc(NC(=S)NCC(=O)NC(C)C)cc1. The zero-order valence-electron chi connectivity index (χ0n) is 12.0. The average Bonchev–Trinajstić information content (AvgIpc) is 2.38.